The molecule has 5 nitrogen and oxygen atoms in total. The zero-order chi connectivity index (χ0) is 16.0. The van der Waals surface area contributed by atoms with Crippen LogP contribution in [-0.4, -0.2) is 24.4 Å². The van der Waals surface area contributed by atoms with Gasteiger partial charge in [-0.15, -0.1) is 12.4 Å². The molecule has 0 aliphatic rings. The molecular formula is C16H26ClN3O2. The number of benzene rings is 1. The van der Waals surface area contributed by atoms with Gasteiger partial charge in [0, 0.05) is 5.69 Å². The molecule has 124 valence electrons. The Kier molecular flexibility index (Phi) is 8.75. The number of carbonyl (C=O) groups excluding carboxylic acids is 2. The third-order valence-electron chi connectivity index (χ3n) is 3.23. The maximum atomic E-state index is 11.9. The summed E-state index contributed by atoms with van der Waals surface area (Å²) in [6.07, 6.45) is 0.602. The van der Waals surface area contributed by atoms with Crippen LogP contribution in [0.2, 0.25) is 0 Å². The summed E-state index contributed by atoms with van der Waals surface area (Å²) in [5.74, 6) is -0.202. The number of para-hydroxylation sites is 1. The molecule has 22 heavy (non-hydrogen) atoms. The smallest absolute Gasteiger partial charge is 0.243 e. The number of hydrogen-bond donors (Lipinski definition) is 3. The van der Waals surface area contributed by atoms with E-state index in [1.807, 2.05) is 45.9 Å². The van der Waals surface area contributed by atoms with E-state index in [4.69, 9.17) is 5.73 Å². The van der Waals surface area contributed by atoms with E-state index in [-0.39, 0.29) is 30.8 Å². The minimum absolute atomic E-state index is 0. The molecule has 6 heteroatoms. The summed E-state index contributed by atoms with van der Waals surface area (Å²) in [5.41, 5.74) is 8.54. The lowest BCUT2D eigenvalue weighted by Gasteiger charge is -2.15. The van der Waals surface area contributed by atoms with Crippen molar-refractivity contribution < 1.29 is 9.59 Å². The fourth-order valence-electron chi connectivity index (χ4n) is 2.11. The van der Waals surface area contributed by atoms with Crippen molar-refractivity contribution in [2.45, 2.75) is 40.2 Å². The van der Waals surface area contributed by atoms with Gasteiger partial charge in [-0.2, -0.15) is 0 Å². The maximum Gasteiger partial charge on any atom is 0.243 e. The highest BCUT2D eigenvalue weighted by Crippen LogP contribution is 2.18. The molecule has 0 heterocycles. The highest BCUT2D eigenvalue weighted by atomic mass is 35.5. The number of aryl methyl sites for hydroxylation is 2. The third-order valence-corrected chi connectivity index (χ3v) is 3.23. The number of nitrogens with one attached hydrogen (secondary N) is 2. The summed E-state index contributed by atoms with van der Waals surface area (Å²) in [5, 5.41) is 5.39. The molecular weight excluding hydrogens is 302 g/mol. The minimum atomic E-state index is -0.571. The average Bonchev–Trinajstić information content (AvgIpc) is 2.39. The fourth-order valence-corrected chi connectivity index (χ4v) is 2.11. The number of amides is 2. The van der Waals surface area contributed by atoms with Crippen molar-refractivity contribution in [3.8, 4) is 0 Å². The van der Waals surface area contributed by atoms with Crippen LogP contribution in [0.15, 0.2) is 18.2 Å². The van der Waals surface area contributed by atoms with Crippen LogP contribution in [0.25, 0.3) is 0 Å². The molecule has 0 saturated heterocycles. The molecule has 1 rings (SSSR count). The molecule has 0 radical (unpaired) electrons. The van der Waals surface area contributed by atoms with Crippen LogP contribution < -0.4 is 16.4 Å². The third kappa shape index (κ3) is 6.45. The Morgan fingerprint density at radius 2 is 1.73 bits per heavy atom. The molecule has 2 amide bonds. The first-order valence-corrected chi connectivity index (χ1v) is 7.20. The summed E-state index contributed by atoms with van der Waals surface area (Å²) in [7, 11) is 0. The minimum Gasteiger partial charge on any atom is -0.346 e. The van der Waals surface area contributed by atoms with Crippen molar-refractivity contribution in [1.82, 2.24) is 5.32 Å². The molecule has 0 spiro atoms. The molecule has 1 aromatic carbocycles. The molecule has 0 unspecified atom stereocenters. The second-order valence-electron chi connectivity index (χ2n) is 5.77. The highest BCUT2D eigenvalue weighted by Gasteiger charge is 2.16. The maximum absolute atomic E-state index is 11.9. The SMILES string of the molecule is Cc1cccc(C)c1NC(=O)CNC(=O)[C@@H](N)CC(C)C.Cl. The predicted molar refractivity (Wildman–Crippen MR) is 92.2 cm³/mol. The van der Waals surface area contributed by atoms with Crippen molar-refractivity contribution in [2.24, 2.45) is 11.7 Å². The van der Waals surface area contributed by atoms with Gasteiger partial charge >= 0.3 is 0 Å². The van der Waals surface area contributed by atoms with E-state index in [0.29, 0.717) is 12.3 Å². The molecule has 0 aromatic heterocycles. The molecule has 1 aromatic rings. The Labute approximate surface area is 138 Å². The Morgan fingerprint density at radius 1 is 1.18 bits per heavy atom. The Hall–Kier alpha value is -1.59. The molecule has 4 N–H and O–H groups in total. The van der Waals surface area contributed by atoms with Gasteiger partial charge < -0.3 is 16.4 Å². The lowest BCUT2D eigenvalue weighted by molar-refractivity contribution is -0.125. The zero-order valence-corrected chi connectivity index (χ0v) is 14.4. The Balaban J connectivity index is 0.00000441. The second kappa shape index (κ2) is 9.43. The summed E-state index contributed by atoms with van der Waals surface area (Å²) in [4.78, 5) is 23.7. The quantitative estimate of drug-likeness (QED) is 0.748. The number of carbonyl (C=O) groups is 2. The van der Waals surface area contributed by atoms with Gasteiger partial charge in [0.25, 0.3) is 0 Å². The summed E-state index contributed by atoms with van der Waals surface area (Å²) < 4.78 is 0. The molecule has 1 atom stereocenters. The van der Waals surface area contributed by atoms with Gasteiger partial charge in [0.05, 0.1) is 12.6 Å². The van der Waals surface area contributed by atoms with E-state index < -0.39 is 6.04 Å². The molecule has 0 aliphatic heterocycles. The molecule has 0 bridgehead atoms. The zero-order valence-electron chi connectivity index (χ0n) is 13.6. The molecule has 0 fully saturated rings. The van der Waals surface area contributed by atoms with Gasteiger partial charge in [-0.3, -0.25) is 9.59 Å². The number of rotatable bonds is 6. The standard InChI is InChI=1S/C16H25N3O2.ClH/c1-10(2)8-13(17)16(21)18-9-14(20)19-15-11(3)6-5-7-12(15)4;/h5-7,10,13H,8-9,17H2,1-4H3,(H,18,21)(H,19,20);1H/t13-;/m0./s1. The van der Waals surface area contributed by atoms with Crippen LogP contribution in [0.1, 0.15) is 31.4 Å². The summed E-state index contributed by atoms with van der Waals surface area (Å²) in [6, 6.07) is 5.23. The van der Waals surface area contributed by atoms with Crippen molar-refractivity contribution in [3.63, 3.8) is 0 Å². The van der Waals surface area contributed by atoms with Gasteiger partial charge in [0.15, 0.2) is 0 Å². The molecule has 0 aliphatic carbocycles. The van der Waals surface area contributed by atoms with Gasteiger partial charge in [0.2, 0.25) is 11.8 Å². The average molecular weight is 328 g/mol. The van der Waals surface area contributed by atoms with Gasteiger partial charge in [-0.25, -0.2) is 0 Å². The first-order chi connectivity index (χ1) is 9.81. The Bertz CT molecular complexity index is 498. The predicted octanol–water partition coefficient (Wildman–Crippen LogP) is 2.15. The van der Waals surface area contributed by atoms with Crippen LogP contribution in [0.5, 0.6) is 0 Å². The monoisotopic (exact) mass is 327 g/mol. The van der Waals surface area contributed by atoms with E-state index in [1.165, 1.54) is 0 Å². The van der Waals surface area contributed by atoms with Crippen molar-refractivity contribution >= 4 is 29.9 Å². The van der Waals surface area contributed by atoms with Crippen LogP contribution in [0.4, 0.5) is 5.69 Å². The van der Waals surface area contributed by atoms with Crippen molar-refractivity contribution in [1.29, 1.82) is 0 Å². The largest absolute Gasteiger partial charge is 0.346 e. The highest BCUT2D eigenvalue weighted by molar-refractivity contribution is 5.96. The van der Waals surface area contributed by atoms with Crippen LogP contribution >= 0.6 is 12.4 Å². The number of anilines is 1. The summed E-state index contributed by atoms with van der Waals surface area (Å²) >= 11 is 0. The van der Waals surface area contributed by atoms with Crippen LogP contribution in [-0.2, 0) is 9.59 Å². The van der Waals surface area contributed by atoms with E-state index in [1.54, 1.807) is 0 Å². The first-order valence-electron chi connectivity index (χ1n) is 7.20. The van der Waals surface area contributed by atoms with E-state index in [0.717, 1.165) is 16.8 Å². The van der Waals surface area contributed by atoms with E-state index in [9.17, 15) is 9.59 Å². The van der Waals surface area contributed by atoms with E-state index in [2.05, 4.69) is 10.6 Å². The normalized spacial score (nSPS) is 11.5. The van der Waals surface area contributed by atoms with Gasteiger partial charge in [0.1, 0.15) is 0 Å². The fraction of sp³-hybridized carbons (Fsp3) is 0.500. The van der Waals surface area contributed by atoms with Crippen LogP contribution in [0.3, 0.4) is 0 Å². The Morgan fingerprint density at radius 3 is 2.23 bits per heavy atom. The second-order valence-corrected chi connectivity index (χ2v) is 5.77. The number of nitrogens with two attached hydrogens (primary N) is 1. The van der Waals surface area contributed by atoms with Crippen molar-refractivity contribution in [2.75, 3.05) is 11.9 Å². The van der Waals surface area contributed by atoms with Gasteiger partial charge in [-0.05, 0) is 37.3 Å². The summed E-state index contributed by atoms with van der Waals surface area (Å²) in [6.45, 7) is 7.79. The number of hydrogen-bond acceptors (Lipinski definition) is 3. The van der Waals surface area contributed by atoms with Crippen LogP contribution in [0, 0.1) is 19.8 Å². The topological polar surface area (TPSA) is 84.2 Å². The molecule has 0 saturated carbocycles. The van der Waals surface area contributed by atoms with Gasteiger partial charge in [-0.1, -0.05) is 32.0 Å². The number of halogens is 1. The first kappa shape index (κ1) is 20.4. The van der Waals surface area contributed by atoms with E-state index >= 15 is 0 Å². The lowest BCUT2D eigenvalue weighted by atomic mass is 10.0. The lowest BCUT2D eigenvalue weighted by Crippen LogP contribution is -2.44. The van der Waals surface area contributed by atoms with Crippen molar-refractivity contribution in [3.05, 3.63) is 29.3 Å².